The Kier molecular flexibility index (Phi) is 3.35. The second-order valence-corrected chi connectivity index (χ2v) is 7.44. The van der Waals surface area contributed by atoms with Crippen molar-refractivity contribution >= 4 is 40.3 Å². The normalized spacial score (nSPS) is 36.8. The quantitative estimate of drug-likeness (QED) is 0.352. The van der Waals surface area contributed by atoms with Gasteiger partial charge in [-0.15, -0.1) is 0 Å². The molecule has 1 aliphatic carbocycles. The average molecular weight is 445 g/mol. The van der Waals surface area contributed by atoms with E-state index < -0.39 is 17.7 Å². The highest BCUT2D eigenvalue weighted by atomic mass is 127. The van der Waals surface area contributed by atoms with E-state index in [0.29, 0.717) is 27.0 Å². The number of rotatable bonds is 3. The van der Waals surface area contributed by atoms with E-state index in [0.717, 1.165) is 0 Å². The number of nitrogens with zero attached hydrogens (tertiary/aromatic N) is 1. The predicted molar refractivity (Wildman–Crippen MR) is 89.9 cm³/mol. The van der Waals surface area contributed by atoms with Crippen LogP contribution in [-0.4, -0.2) is 60.6 Å². The molecule has 2 saturated heterocycles. The number of primary amides is 1. The predicted octanol–water partition coefficient (Wildman–Crippen LogP) is -0.175. The Morgan fingerprint density at radius 2 is 2.17 bits per heavy atom. The third-order valence-electron chi connectivity index (χ3n) is 5.35. The molecule has 0 saturated carbocycles. The molecule has 4 rings (SSSR count). The van der Waals surface area contributed by atoms with Crippen molar-refractivity contribution in [2.45, 2.75) is 24.7 Å². The van der Waals surface area contributed by atoms with Crippen LogP contribution in [0.3, 0.4) is 0 Å². The molecule has 4 aliphatic rings. The topological polar surface area (TPSA) is 121 Å². The molecule has 4 atom stereocenters. The van der Waals surface area contributed by atoms with Crippen LogP contribution in [0.4, 0.5) is 4.79 Å². The SMILES string of the molecule is CO[C@@]12[C@H](COC(N)=O)C3=C(C(=O)C(C)=C(I)C3=O)N1C[C@@H]1N[C@@H]12. The van der Waals surface area contributed by atoms with Crippen LogP contribution in [0.1, 0.15) is 6.92 Å². The highest BCUT2D eigenvalue weighted by Gasteiger charge is 2.72. The number of Topliss-reactive ketones (excluding diaryl/α,β-unsaturated/α-hetero) is 2. The van der Waals surface area contributed by atoms with E-state index in [1.54, 1.807) is 14.0 Å². The maximum Gasteiger partial charge on any atom is 0.404 e. The first-order valence-electron chi connectivity index (χ1n) is 7.55. The van der Waals surface area contributed by atoms with E-state index >= 15 is 0 Å². The minimum atomic E-state index is -0.920. The van der Waals surface area contributed by atoms with E-state index in [4.69, 9.17) is 15.2 Å². The van der Waals surface area contributed by atoms with Crippen molar-refractivity contribution in [3.63, 3.8) is 0 Å². The van der Waals surface area contributed by atoms with Gasteiger partial charge >= 0.3 is 6.09 Å². The molecule has 3 heterocycles. The standard InChI is InChI=1S/C15H16IN3O5/c1-5-9(16)12(21)8-6(4-24-14(17)22)15(23-2)13-7(18-13)3-19(15)10(8)11(5)20/h6-7,13,18H,3-4H2,1-2H3,(H2,17,22)/t6-,7+,13+,15-/m1/s1. The monoisotopic (exact) mass is 445 g/mol. The number of carbonyl (C=O) groups excluding carboxylic acids is 3. The van der Waals surface area contributed by atoms with Gasteiger partial charge in [0.25, 0.3) is 0 Å². The van der Waals surface area contributed by atoms with Crippen LogP contribution in [0.25, 0.3) is 0 Å². The number of methoxy groups -OCH3 is 1. The first-order chi connectivity index (χ1) is 11.3. The fourth-order valence-electron chi connectivity index (χ4n) is 4.26. The van der Waals surface area contributed by atoms with Gasteiger partial charge in [-0.2, -0.15) is 0 Å². The molecular weight excluding hydrogens is 429 g/mol. The van der Waals surface area contributed by atoms with Crippen molar-refractivity contribution in [2.75, 3.05) is 20.3 Å². The number of hydrogen-bond donors (Lipinski definition) is 2. The summed E-state index contributed by atoms with van der Waals surface area (Å²) in [6.07, 6.45) is -0.920. The molecule has 0 unspecified atom stereocenters. The van der Waals surface area contributed by atoms with Crippen LogP contribution in [-0.2, 0) is 19.1 Å². The number of fused-ring (bicyclic) bond motifs is 4. The van der Waals surface area contributed by atoms with E-state index in [9.17, 15) is 14.4 Å². The second-order valence-electron chi connectivity index (χ2n) is 6.36. The van der Waals surface area contributed by atoms with Gasteiger partial charge in [0.1, 0.15) is 6.61 Å². The Morgan fingerprint density at radius 1 is 1.46 bits per heavy atom. The molecule has 0 bridgehead atoms. The Hall–Kier alpha value is -1.46. The van der Waals surface area contributed by atoms with E-state index in [-0.39, 0.29) is 30.3 Å². The van der Waals surface area contributed by atoms with Gasteiger partial charge < -0.3 is 25.4 Å². The van der Waals surface area contributed by atoms with Crippen molar-refractivity contribution in [1.82, 2.24) is 10.2 Å². The molecule has 3 aliphatic heterocycles. The minimum Gasteiger partial charge on any atom is -0.449 e. The molecular formula is C15H16IN3O5. The van der Waals surface area contributed by atoms with E-state index in [2.05, 4.69) is 5.32 Å². The number of piperazine rings is 1. The van der Waals surface area contributed by atoms with Crippen LogP contribution < -0.4 is 11.1 Å². The summed E-state index contributed by atoms with van der Waals surface area (Å²) >= 11 is 1.90. The molecule has 0 aromatic rings. The van der Waals surface area contributed by atoms with Crippen molar-refractivity contribution < 1.29 is 23.9 Å². The fourth-order valence-corrected chi connectivity index (χ4v) is 4.80. The summed E-state index contributed by atoms with van der Waals surface area (Å²) in [4.78, 5) is 38.7. The molecule has 3 N–H and O–H groups in total. The number of allylic oxidation sites excluding steroid dienone is 2. The summed E-state index contributed by atoms with van der Waals surface area (Å²) in [5.74, 6) is -0.939. The lowest BCUT2D eigenvalue weighted by Crippen LogP contribution is -2.55. The van der Waals surface area contributed by atoms with Gasteiger partial charge in [-0.25, -0.2) is 4.79 Å². The second kappa shape index (κ2) is 5.02. The minimum absolute atomic E-state index is 0.0202. The summed E-state index contributed by atoms with van der Waals surface area (Å²) in [6, 6.07) is 0.177. The zero-order chi connectivity index (χ0) is 17.4. The van der Waals surface area contributed by atoms with E-state index in [1.807, 2.05) is 27.5 Å². The number of halogens is 1. The molecule has 2 fully saturated rings. The summed E-state index contributed by atoms with van der Waals surface area (Å²) in [5, 5.41) is 3.31. The number of ether oxygens (including phenoxy) is 2. The molecule has 128 valence electrons. The third-order valence-corrected chi connectivity index (χ3v) is 6.65. The largest absolute Gasteiger partial charge is 0.449 e. The first-order valence-corrected chi connectivity index (χ1v) is 8.63. The average Bonchev–Trinajstić information content (AvgIpc) is 3.16. The van der Waals surface area contributed by atoms with Crippen LogP contribution >= 0.6 is 22.6 Å². The molecule has 9 heteroatoms. The Labute approximate surface area is 151 Å². The molecule has 0 spiro atoms. The maximum absolute atomic E-state index is 12.9. The molecule has 0 radical (unpaired) electrons. The van der Waals surface area contributed by atoms with Gasteiger partial charge in [-0.1, -0.05) is 0 Å². The smallest absolute Gasteiger partial charge is 0.404 e. The third kappa shape index (κ3) is 1.77. The fraction of sp³-hybridized carbons (Fsp3) is 0.533. The Morgan fingerprint density at radius 3 is 2.79 bits per heavy atom. The highest BCUT2D eigenvalue weighted by Crippen LogP contribution is 2.56. The van der Waals surface area contributed by atoms with Gasteiger partial charge in [0, 0.05) is 30.8 Å². The zero-order valence-electron chi connectivity index (χ0n) is 13.1. The van der Waals surface area contributed by atoms with Gasteiger partial charge in [0.2, 0.25) is 5.78 Å². The van der Waals surface area contributed by atoms with Crippen LogP contribution in [0.2, 0.25) is 0 Å². The molecule has 8 nitrogen and oxygen atoms in total. The van der Waals surface area contributed by atoms with Gasteiger partial charge in [0.05, 0.1) is 21.2 Å². The molecule has 0 aromatic carbocycles. The number of amides is 1. The highest BCUT2D eigenvalue weighted by molar-refractivity contribution is 14.1. The van der Waals surface area contributed by atoms with Crippen molar-refractivity contribution in [1.29, 1.82) is 0 Å². The Bertz CT molecular complexity index is 760. The summed E-state index contributed by atoms with van der Waals surface area (Å²) in [5.41, 5.74) is 5.39. The Balaban J connectivity index is 1.85. The molecule has 0 aromatic heterocycles. The lowest BCUT2D eigenvalue weighted by Gasteiger charge is -2.39. The number of hydrogen-bond acceptors (Lipinski definition) is 7. The number of carbonyl (C=O) groups is 3. The summed E-state index contributed by atoms with van der Waals surface area (Å²) in [7, 11) is 1.55. The lowest BCUT2D eigenvalue weighted by molar-refractivity contribution is -0.137. The number of nitrogens with two attached hydrogens (primary N) is 1. The van der Waals surface area contributed by atoms with Gasteiger partial charge in [0.15, 0.2) is 11.5 Å². The summed E-state index contributed by atoms with van der Waals surface area (Å²) < 4.78 is 11.3. The van der Waals surface area contributed by atoms with E-state index in [1.165, 1.54) is 0 Å². The maximum atomic E-state index is 12.9. The lowest BCUT2D eigenvalue weighted by atomic mass is 9.84. The first kappa shape index (κ1) is 16.0. The van der Waals surface area contributed by atoms with Crippen molar-refractivity contribution in [2.24, 2.45) is 11.7 Å². The number of ketones is 2. The van der Waals surface area contributed by atoms with Crippen molar-refractivity contribution in [3.05, 3.63) is 20.4 Å². The molecule has 24 heavy (non-hydrogen) atoms. The zero-order valence-corrected chi connectivity index (χ0v) is 15.2. The van der Waals surface area contributed by atoms with Crippen LogP contribution in [0.5, 0.6) is 0 Å². The van der Waals surface area contributed by atoms with Gasteiger partial charge in [-0.3, -0.25) is 9.59 Å². The van der Waals surface area contributed by atoms with Crippen LogP contribution in [0.15, 0.2) is 20.4 Å². The summed E-state index contributed by atoms with van der Waals surface area (Å²) in [6.45, 7) is 2.13. The van der Waals surface area contributed by atoms with Crippen LogP contribution in [0, 0.1) is 5.92 Å². The van der Waals surface area contributed by atoms with Crippen molar-refractivity contribution in [3.8, 4) is 0 Å². The molecule has 1 amide bonds. The number of nitrogens with one attached hydrogen (secondary N) is 1. The van der Waals surface area contributed by atoms with Gasteiger partial charge in [-0.05, 0) is 29.5 Å².